The van der Waals surface area contributed by atoms with Gasteiger partial charge >= 0.3 is 0 Å². The molecule has 3 aromatic rings. The standard InChI is InChI=1S/C34H29N3O7/c1-33(2)24-6-4-5-7-25(24)35(3)34(33)15-14-19-16-22(37(40)41)17-20(30(19)44-34)18-42-23-10-8-21(9-11-23)36-31(38)28-26-12-13-27(43-26)29(28)32(36)39/h4-17,26-29H,18H2,1-3H3/t26-,27+,28-,29+,34?. The Hall–Kier alpha value is -4.96. The maximum atomic E-state index is 13.1. The number of fused-ring (bicyclic) bond motifs is 7. The number of para-hydroxylation sites is 1. The summed E-state index contributed by atoms with van der Waals surface area (Å²) in [5, 5.41) is 11.8. The first kappa shape index (κ1) is 26.7. The van der Waals surface area contributed by atoms with Crippen LogP contribution in [-0.4, -0.2) is 41.7 Å². The number of nitro groups is 1. The third kappa shape index (κ3) is 3.45. The van der Waals surface area contributed by atoms with E-state index in [0.29, 0.717) is 28.3 Å². The third-order valence-corrected chi connectivity index (χ3v) is 9.87. The van der Waals surface area contributed by atoms with Crippen molar-refractivity contribution < 1.29 is 28.7 Å². The van der Waals surface area contributed by atoms with Crippen molar-refractivity contribution >= 4 is 35.0 Å². The minimum Gasteiger partial charge on any atom is -0.489 e. The number of anilines is 2. The summed E-state index contributed by atoms with van der Waals surface area (Å²) in [7, 11) is 1.99. The Bertz CT molecular complexity index is 1800. The van der Waals surface area contributed by atoms with Crippen molar-refractivity contribution in [2.75, 3.05) is 16.8 Å². The lowest BCUT2D eigenvalue weighted by molar-refractivity contribution is -0.385. The van der Waals surface area contributed by atoms with Crippen LogP contribution in [0.5, 0.6) is 11.5 Å². The fourth-order valence-electron chi connectivity index (χ4n) is 7.56. The molecule has 1 spiro atoms. The van der Waals surface area contributed by atoms with Crippen molar-refractivity contribution in [1.82, 2.24) is 0 Å². The van der Waals surface area contributed by atoms with E-state index < -0.39 is 27.9 Å². The number of likely N-dealkylation sites (N-methyl/N-ethyl adjacent to an activating group) is 1. The first-order valence-electron chi connectivity index (χ1n) is 14.6. The lowest BCUT2D eigenvalue weighted by Gasteiger charge is -2.46. The number of carbonyl (C=O) groups excluding carboxylic acids is 2. The highest BCUT2D eigenvalue weighted by Gasteiger charge is 2.61. The van der Waals surface area contributed by atoms with Crippen LogP contribution in [0.4, 0.5) is 17.1 Å². The van der Waals surface area contributed by atoms with Crippen molar-refractivity contribution in [3.63, 3.8) is 0 Å². The highest BCUT2D eigenvalue weighted by molar-refractivity contribution is 6.23. The number of hydrogen-bond donors (Lipinski definition) is 0. The summed E-state index contributed by atoms with van der Waals surface area (Å²) < 4.78 is 18.7. The zero-order valence-corrected chi connectivity index (χ0v) is 24.3. The van der Waals surface area contributed by atoms with Gasteiger partial charge in [0.1, 0.15) is 18.1 Å². The summed E-state index contributed by atoms with van der Waals surface area (Å²) in [6, 6.07) is 17.9. The van der Waals surface area contributed by atoms with E-state index in [-0.39, 0.29) is 36.3 Å². The van der Waals surface area contributed by atoms with Gasteiger partial charge in [0.05, 0.1) is 40.1 Å². The molecule has 222 valence electrons. The molecule has 0 radical (unpaired) electrons. The highest BCUT2D eigenvalue weighted by atomic mass is 16.6. The average molecular weight is 592 g/mol. The number of hydrogen-bond acceptors (Lipinski definition) is 8. The van der Waals surface area contributed by atoms with Crippen LogP contribution in [0.25, 0.3) is 6.08 Å². The van der Waals surface area contributed by atoms with Gasteiger partial charge in [-0.25, -0.2) is 4.90 Å². The number of nitro benzene ring substituents is 1. The van der Waals surface area contributed by atoms with Gasteiger partial charge in [0, 0.05) is 36.0 Å². The lowest BCUT2D eigenvalue weighted by atomic mass is 9.76. The normalized spacial score (nSPS) is 28.3. The van der Waals surface area contributed by atoms with Crippen LogP contribution in [0.3, 0.4) is 0 Å². The smallest absolute Gasteiger partial charge is 0.270 e. The summed E-state index contributed by atoms with van der Waals surface area (Å²) in [6.07, 6.45) is 6.88. The maximum Gasteiger partial charge on any atom is 0.270 e. The molecule has 5 aliphatic heterocycles. The second kappa shape index (κ2) is 9.03. The number of rotatable bonds is 5. The molecular formula is C34H29N3O7. The van der Waals surface area contributed by atoms with E-state index in [9.17, 15) is 19.7 Å². The van der Waals surface area contributed by atoms with E-state index in [0.717, 1.165) is 11.3 Å². The molecule has 44 heavy (non-hydrogen) atoms. The Balaban J connectivity index is 1.07. The Morgan fingerprint density at radius 3 is 2.32 bits per heavy atom. The van der Waals surface area contributed by atoms with Gasteiger partial charge in [-0.1, -0.05) is 30.4 Å². The fraction of sp³-hybridized carbons (Fsp3) is 0.294. The van der Waals surface area contributed by atoms with Crippen LogP contribution in [0, 0.1) is 22.0 Å². The fourth-order valence-corrected chi connectivity index (χ4v) is 7.56. The molecule has 5 aliphatic rings. The largest absolute Gasteiger partial charge is 0.489 e. The van der Waals surface area contributed by atoms with Crippen molar-refractivity contribution in [3.05, 3.63) is 106 Å². The Morgan fingerprint density at radius 2 is 1.66 bits per heavy atom. The molecular weight excluding hydrogens is 562 g/mol. The van der Waals surface area contributed by atoms with Gasteiger partial charge in [-0.3, -0.25) is 19.7 Å². The predicted octanol–water partition coefficient (Wildman–Crippen LogP) is 5.15. The van der Waals surface area contributed by atoms with Crippen molar-refractivity contribution in [2.24, 2.45) is 11.8 Å². The molecule has 5 heterocycles. The second-order valence-electron chi connectivity index (χ2n) is 12.4. The summed E-state index contributed by atoms with van der Waals surface area (Å²) in [4.78, 5) is 41.0. The van der Waals surface area contributed by atoms with Gasteiger partial charge in [-0.2, -0.15) is 0 Å². The van der Waals surface area contributed by atoms with Gasteiger partial charge in [0.2, 0.25) is 17.5 Å². The molecule has 0 aliphatic carbocycles. The monoisotopic (exact) mass is 591 g/mol. The average Bonchev–Trinajstić information content (AvgIpc) is 3.75. The van der Waals surface area contributed by atoms with Crippen molar-refractivity contribution in [2.45, 2.75) is 43.8 Å². The van der Waals surface area contributed by atoms with Gasteiger partial charge in [0.25, 0.3) is 5.69 Å². The molecule has 10 nitrogen and oxygen atoms in total. The number of ether oxygens (including phenoxy) is 3. The molecule has 0 N–H and O–H groups in total. The Kier molecular flexibility index (Phi) is 5.47. The van der Waals surface area contributed by atoms with Gasteiger partial charge in [-0.15, -0.1) is 0 Å². The van der Waals surface area contributed by atoms with E-state index in [2.05, 4.69) is 30.9 Å². The SMILES string of the molecule is CN1c2ccccc2C(C)(C)C12C=Cc1cc([N+](=O)[O-])cc(COc3ccc(N4C(=O)[C@@H]5[C@H](C4=O)[C@H]4C=C[C@@H]5O4)cc3)c1O2. The molecule has 0 saturated carbocycles. The first-order chi connectivity index (χ1) is 21.1. The van der Waals surface area contributed by atoms with E-state index in [1.165, 1.54) is 17.0 Å². The topological polar surface area (TPSA) is 111 Å². The van der Waals surface area contributed by atoms with Crippen LogP contribution in [0.15, 0.2) is 78.9 Å². The first-order valence-corrected chi connectivity index (χ1v) is 14.6. The van der Waals surface area contributed by atoms with Gasteiger partial charge in [-0.05, 0) is 61.9 Å². The number of nitrogens with zero attached hydrogens (tertiary/aromatic N) is 3. The van der Waals surface area contributed by atoms with Crippen LogP contribution < -0.4 is 19.3 Å². The molecule has 3 aromatic carbocycles. The van der Waals surface area contributed by atoms with E-state index >= 15 is 0 Å². The molecule has 2 fully saturated rings. The summed E-state index contributed by atoms with van der Waals surface area (Å²) >= 11 is 0. The quantitative estimate of drug-likeness (QED) is 0.174. The summed E-state index contributed by atoms with van der Waals surface area (Å²) in [6.45, 7) is 4.26. The number of amides is 2. The minimum atomic E-state index is -0.858. The molecule has 5 atom stereocenters. The molecule has 0 aromatic heterocycles. The van der Waals surface area contributed by atoms with Gasteiger partial charge in [0.15, 0.2) is 0 Å². The summed E-state index contributed by atoms with van der Waals surface area (Å²) in [5.74, 6) is -0.479. The second-order valence-corrected chi connectivity index (χ2v) is 12.4. The minimum absolute atomic E-state index is 0.00244. The maximum absolute atomic E-state index is 13.1. The number of imide groups is 1. The number of carbonyl (C=O) groups is 2. The zero-order valence-electron chi connectivity index (χ0n) is 24.3. The van der Waals surface area contributed by atoms with E-state index in [1.807, 2.05) is 43.5 Å². The van der Waals surface area contributed by atoms with E-state index in [1.54, 1.807) is 24.3 Å². The van der Waals surface area contributed by atoms with Crippen molar-refractivity contribution in [1.29, 1.82) is 0 Å². The lowest BCUT2D eigenvalue weighted by Crippen LogP contribution is -2.58. The van der Waals surface area contributed by atoms with E-state index in [4.69, 9.17) is 14.2 Å². The predicted molar refractivity (Wildman–Crippen MR) is 161 cm³/mol. The molecule has 2 amide bonds. The van der Waals surface area contributed by atoms with Crippen LogP contribution in [0.1, 0.15) is 30.5 Å². The third-order valence-electron chi connectivity index (χ3n) is 9.87. The zero-order chi connectivity index (χ0) is 30.5. The molecule has 10 heteroatoms. The van der Waals surface area contributed by atoms with Gasteiger partial charge < -0.3 is 19.1 Å². The number of benzene rings is 3. The Morgan fingerprint density at radius 1 is 0.977 bits per heavy atom. The highest BCUT2D eigenvalue weighted by Crippen LogP contribution is 2.55. The Labute approximate surface area is 253 Å². The molecule has 2 saturated heterocycles. The molecule has 8 rings (SSSR count). The number of non-ortho nitro benzene ring substituents is 1. The van der Waals surface area contributed by atoms with Crippen LogP contribution in [0.2, 0.25) is 0 Å². The van der Waals surface area contributed by atoms with Crippen LogP contribution >= 0.6 is 0 Å². The molecule has 2 bridgehead atoms. The van der Waals surface area contributed by atoms with Crippen LogP contribution in [-0.2, 0) is 26.3 Å². The molecule has 1 unspecified atom stereocenters. The van der Waals surface area contributed by atoms with Crippen molar-refractivity contribution in [3.8, 4) is 11.5 Å². The summed E-state index contributed by atoms with van der Waals surface area (Å²) in [5.41, 5.74) is 2.44.